The Balaban J connectivity index is 1.88. The molecule has 4 rings (SSSR count). The quantitative estimate of drug-likeness (QED) is 0.767. The maximum atomic E-state index is 12.3. The molecule has 0 amide bonds. The summed E-state index contributed by atoms with van der Waals surface area (Å²) in [4.78, 5) is 15.7. The number of nitrogens with one attached hydrogen (secondary N) is 1. The zero-order chi connectivity index (χ0) is 13.0. The van der Waals surface area contributed by atoms with Gasteiger partial charge in [0.1, 0.15) is 0 Å². The number of aryl methyl sites for hydroxylation is 1. The molecule has 19 heavy (non-hydrogen) atoms. The molecular formula is C17H17NO. The summed E-state index contributed by atoms with van der Waals surface area (Å²) in [6.07, 6.45) is 5.55. The van der Waals surface area contributed by atoms with Crippen LogP contribution in [0, 0.1) is 18.8 Å². The van der Waals surface area contributed by atoms with E-state index in [0.717, 1.165) is 29.6 Å². The molecule has 2 aliphatic rings. The number of aromatic nitrogens is 1. The Labute approximate surface area is 112 Å². The number of fused-ring (bicyclic) bond motifs is 3. The Bertz CT molecular complexity index is 707. The topological polar surface area (TPSA) is 32.9 Å². The van der Waals surface area contributed by atoms with Crippen LogP contribution in [0.1, 0.15) is 30.5 Å². The third kappa shape index (κ3) is 1.52. The number of carbonyl (C=O) groups is 1. The number of benzene rings is 1. The van der Waals surface area contributed by atoms with Gasteiger partial charge in [-0.25, -0.2) is 0 Å². The predicted molar refractivity (Wildman–Crippen MR) is 76.9 cm³/mol. The van der Waals surface area contributed by atoms with Gasteiger partial charge in [-0.05, 0) is 49.8 Å². The molecule has 1 aromatic heterocycles. The first-order chi connectivity index (χ1) is 9.24. The van der Waals surface area contributed by atoms with Crippen molar-refractivity contribution in [2.24, 2.45) is 11.8 Å². The lowest BCUT2D eigenvalue weighted by atomic mass is 9.91. The molecular weight excluding hydrogens is 234 g/mol. The van der Waals surface area contributed by atoms with Gasteiger partial charge in [-0.15, -0.1) is 0 Å². The van der Waals surface area contributed by atoms with Gasteiger partial charge in [0.15, 0.2) is 5.78 Å². The summed E-state index contributed by atoms with van der Waals surface area (Å²) in [7, 11) is 0. The number of hydrogen-bond donors (Lipinski definition) is 1. The highest BCUT2D eigenvalue weighted by atomic mass is 16.1. The van der Waals surface area contributed by atoms with Crippen molar-refractivity contribution < 1.29 is 4.79 Å². The van der Waals surface area contributed by atoms with Crippen molar-refractivity contribution in [3.63, 3.8) is 0 Å². The van der Waals surface area contributed by atoms with E-state index < -0.39 is 0 Å². The second-order valence-electron chi connectivity index (χ2n) is 5.88. The van der Waals surface area contributed by atoms with Gasteiger partial charge in [0.05, 0.1) is 0 Å². The summed E-state index contributed by atoms with van der Waals surface area (Å²) in [5, 5.41) is 1.23. The summed E-state index contributed by atoms with van der Waals surface area (Å²) >= 11 is 0. The van der Waals surface area contributed by atoms with Gasteiger partial charge in [-0.3, -0.25) is 4.79 Å². The van der Waals surface area contributed by atoms with Crippen molar-refractivity contribution in [1.29, 1.82) is 0 Å². The van der Waals surface area contributed by atoms with Crippen molar-refractivity contribution in [1.82, 2.24) is 4.98 Å². The second-order valence-corrected chi connectivity index (χ2v) is 5.88. The van der Waals surface area contributed by atoms with Crippen LogP contribution in [0.15, 0.2) is 29.8 Å². The first kappa shape index (κ1) is 11.0. The minimum Gasteiger partial charge on any atom is -0.358 e. The molecule has 2 atom stereocenters. The Morgan fingerprint density at radius 3 is 2.79 bits per heavy atom. The molecule has 0 radical (unpaired) electrons. The first-order valence-electron chi connectivity index (χ1n) is 7.07. The number of para-hydroxylation sites is 1. The average molecular weight is 251 g/mol. The van der Waals surface area contributed by atoms with E-state index in [1.54, 1.807) is 0 Å². The molecule has 0 aliphatic heterocycles. The number of ketones is 1. The molecule has 2 aromatic rings. The third-order valence-electron chi connectivity index (χ3n) is 4.77. The highest BCUT2D eigenvalue weighted by Gasteiger charge is 2.42. The fraction of sp³-hybridized carbons (Fsp3) is 0.353. The molecule has 2 saturated carbocycles. The van der Waals surface area contributed by atoms with E-state index >= 15 is 0 Å². The van der Waals surface area contributed by atoms with Crippen LogP contribution in [-0.2, 0) is 4.79 Å². The van der Waals surface area contributed by atoms with Crippen LogP contribution in [0.4, 0.5) is 0 Å². The standard InChI is InChI=1S/C17H17NO/c1-10-14(13-4-2-3-5-16(13)18-10)9-15-11-6-7-12(8-11)17(15)19/h2-5,9,11-12,18H,6-8H2,1H3/b15-9+. The summed E-state index contributed by atoms with van der Waals surface area (Å²) in [6.45, 7) is 2.09. The molecule has 2 aliphatic carbocycles. The number of hydrogen-bond acceptors (Lipinski definition) is 1. The maximum Gasteiger partial charge on any atom is 0.162 e. The van der Waals surface area contributed by atoms with Gasteiger partial charge in [0, 0.05) is 28.1 Å². The molecule has 96 valence electrons. The lowest BCUT2D eigenvalue weighted by Crippen LogP contribution is -2.11. The van der Waals surface area contributed by atoms with E-state index in [1.165, 1.54) is 17.4 Å². The number of aromatic amines is 1. The van der Waals surface area contributed by atoms with Gasteiger partial charge in [-0.2, -0.15) is 0 Å². The predicted octanol–water partition coefficient (Wildman–Crippen LogP) is 3.86. The van der Waals surface area contributed by atoms with Gasteiger partial charge in [0.25, 0.3) is 0 Å². The van der Waals surface area contributed by atoms with Crippen LogP contribution in [0.25, 0.3) is 17.0 Å². The lowest BCUT2D eigenvalue weighted by molar-refractivity contribution is -0.118. The van der Waals surface area contributed by atoms with Crippen LogP contribution in [-0.4, -0.2) is 10.8 Å². The minimum absolute atomic E-state index is 0.321. The Kier molecular flexibility index (Phi) is 2.22. The van der Waals surface area contributed by atoms with Crippen LogP contribution >= 0.6 is 0 Å². The molecule has 2 nitrogen and oxygen atoms in total. The van der Waals surface area contributed by atoms with E-state index in [1.807, 2.05) is 6.07 Å². The van der Waals surface area contributed by atoms with E-state index in [-0.39, 0.29) is 0 Å². The fourth-order valence-electron chi connectivity index (χ4n) is 3.77. The monoisotopic (exact) mass is 251 g/mol. The van der Waals surface area contributed by atoms with Crippen LogP contribution < -0.4 is 0 Å². The van der Waals surface area contributed by atoms with E-state index in [2.05, 4.69) is 36.2 Å². The Hall–Kier alpha value is -1.83. The SMILES string of the molecule is Cc1[nH]c2ccccc2c1/C=C1/C(=O)C2CCC1C2. The number of carbonyl (C=O) groups excluding carboxylic acids is 1. The van der Waals surface area contributed by atoms with E-state index in [4.69, 9.17) is 0 Å². The van der Waals surface area contributed by atoms with Crippen LogP contribution in [0.3, 0.4) is 0 Å². The number of H-pyrrole nitrogens is 1. The van der Waals surface area contributed by atoms with Crippen LogP contribution in [0.5, 0.6) is 0 Å². The fourth-order valence-corrected chi connectivity index (χ4v) is 3.77. The Morgan fingerprint density at radius 2 is 2.00 bits per heavy atom. The number of Topliss-reactive ketones (excluding diaryl/α,β-unsaturated/α-hetero) is 1. The molecule has 0 saturated heterocycles. The summed E-state index contributed by atoms with van der Waals surface area (Å²) in [5.74, 6) is 1.24. The van der Waals surface area contributed by atoms with Gasteiger partial charge in [-0.1, -0.05) is 18.2 Å². The Morgan fingerprint density at radius 1 is 1.21 bits per heavy atom. The average Bonchev–Trinajstić information content (AvgIpc) is 3.06. The van der Waals surface area contributed by atoms with Crippen molar-refractivity contribution >= 4 is 22.8 Å². The third-order valence-corrected chi connectivity index (χ3v) is 4.77. The number of rotatable bonds is 1. The molecule has 2 fully saturated rings. The lowest BCUT2D eigenvalue weighted by Gasteiger charge is -2.12. The molecule has 1 heterocycles. The van der Waals surface area contributed by atoms with Crippen molar-refractivity contribution in [3.05, 3.63) is 41.1 Å². The molecule has 2 bridgehead atoms. The summed E-state index contributed by atoms with van der Waals surface area (Å²) < 4.78 is 0. The van der Waals surface area contributed by atoms with Crippen molar-refractivity contribution in [2.45, 2.75) is 26.2 Å². The maximum absolute atomic E-state index is 12.3. The second kappa shape index (κ2) is 3.83. The largest absolute Gasteiger partial charge is 0.358 e. The van der Waals surface area contributed by atoms with E-state index in [9.17, 15) is 4.79 Å². The molecule has 2 heteroatoms. The zero-order valence-corrected chi connectivity index (χ0v) is 11.1. The van der Waals surface area contributed by atoms with Crippen molar-refractivity contribution in [3.8, 4) is 0 Å². The number of allylic oxidation sites excluding steroid dienone is 1. The zero-order valence-electron chi connectivity index (χ0n) is 11.1. The molecule has 1 aromatic carbocycles. The van der Waals surface area contributed by atoms with Gasteiger partial charge in [0.2, 0.25) is 0 Å². The van der Waals surface area contributed by atoms with Crippen LogP contribution in [0.2, 0.25) is 0 Å². The highest BCUT2D eigenvalue weighted by molar-refractivity contribution is 6.06. The van der Waals surface area contributed by atoms with Gasteiger partial charge < -0.3 is 4.98 Å². The summed E-state index contributed by atoms with van der Waals surface area (Å²) in [5.41, 5.74) is 4.59. The van der Waals surface area contributed by atoms with E-state index in [0.29, 0.717) is 17.6 Å². The van der Waals surface area contributed by atoms with Crippen molar-refractivity contribution in [2.75, 3.05) is 0 Å². The molecule has 1 N–H and O–H groups in total. The first-order valence-corrected chi connectivity index (χ1v) is 7.07. The summed E-state index contributed by atoms with van der Waals surface area (Å²) in [6, 6.07) is 8.31. The normalized spacial score (nSPS) is 27.8. The minimum atomic E-state index is 0.321. The van der Waals surface area contributed by atoms with Gasteiger partial charge >= 0.3 is 0 Å². The molecule has 2 unspecified atom stereocenters. The molecule has 0 spiro atoms. The highest BCUT2D eigenvalue weighted by Crippen LogP contribution is 2.46. The smallest absolute Gasteiger partial charge is 0.162 e.